The first-order valence-corrected chi connectivity index (χ1v) is 5.46. The van der Waals surface area contributed by atoms with Crippen LogP contribution < -0.4 is 10.6 Å². The zero-order chi connectivity index (χ0) is 10.7. The molecule has 1 saturated heterocycles. The minimum Gasteiger partial charge on any atom is -0.385 e. The molecule has 1 heterocycles. The Bertz CT molecular complexity index is 332. The molecule has 2 nitrogen and oxygen atoms in total. The fourth-order valence-corrected chi connectivity index (χ4v) is 1.91. The van der Waals surface area contributed by atoms with Gasteiger partial charge >= 0.3 is 0 Å². The summed E-state index contributed by atoms with van der Waals surface area (Å²) in [4.78, 5) is 0. The molecule has 82 valence electrons. The Balaban J connectivity index is 1.90. The molecule has 1 aromatic carbocycles. The first-order chi connectivity index (χ1) is 7.25. The Labute approximate surface area is 89.9 Å². The van der Waals surface area contributed by atoms with E-state index in [1.807, 2.05) is 6.07 Å². The molecule has 0 spiro atoms. The van der Waals surface area contributed by atoms with Crippen molar-refractivity contribution in [2.75, 3.05) is 25.0 Å². The third-order valence-electron chi connectivity index (χ3n) is 2.92. The van der Waals surface area contributed by atoms with Crippen molar-refractivity contribution in [1.82, 2.24) is 5.32 Å². The molecule has 0 radical (unpaired) electrons. The van der Waals surface area contributed by atoms with E-state index < -0.39 is 0 Å². The van der Waals surface area contributed by atoms with Crippen LogP contribution in [0.2, 0.25) is 0 Å². The predicted molar refractivity (Wildman–Crippen MR) is 60.6 cm³/mol. The van der Waals surface area contributed by atoms with Crippen molar-refractivity contribution in [3.8, 4) is 0 Å². The van der Waals surface area contributed by atoms with E-state index in [9.17, 15) is 4.39 Å². The second kappa shape index (κ2) is 4.62. The molecule has 1 aliphatic heterocycles. The van der Waals surface area contributed by atoms with Gasteiger partial charge in [-0.1, -0.05) is 0 Å². The second-order valence-electron chi connectivity index (χ2n) is 4.20. The van der Waals surface area contributed by atoms with E-state index in [1.54, 1.807) is 13.0 Å². The molecular weight excluding hydrogens is 191 g/mol. The van der Waals surface area contributed by atoms with Gasteiger partial charge in [-0.3, -0.25) is 0 Å². The van der Waals surface area contributed by atoms with Crippen LogP contribution in [0.15, 0.2) is 18.2 Å². The van der Waals surface area contributed by atoms with E-state index in [-0.39, 0.29) is 5.82 Å². The molecule has 1 aliphatic rings. The zero-order valence-electron chi connectivity index (χ0n) is 9.02. The van der Waals surface area contributed by atoms with Crippen LogP contribution in [0.1, 0.15) is 12.0 Å². The Morgan fingerprint density at radius 2 is 2.40 bits per heavy atom. The fraction of sp³-hybridized carbons (Fsp3) is 0.500. The van der Waals surface area contributed by atoms with Gasteiger partial charge < -0.3 is 10.6 Å². The van der Waals surface area contributed by atoms with Gasteiger partial charge in [-0.25, -0.2) is 4.39 Å². The van der Waals surface area contributed by atoms with E-state index in [2.05, 4.69) is 10.6 Å². The monoisotopic (exact) mass is 208 g/mol. The summed E-state index contributed by atoms with van der Waals surface area (Å²) < 4.78 is 13.0. The molecule has 0 bridgehead atoms. The summed E-state index contributed by atoms with van der Waals surface area (Å²) in [7, 11) is 0. The molecule has 1 atom stereocenters. The quantitative estimate of drug-likeness (QED) is 0.795. The van der Waals surface area contributed by atoms with Crippen LogP contribution in [0.5, 0.6) is 0 Å². The van der Waals surface area contributed by atoms with E-state index in [1.165, 1.54) is 12.5 Å². The van der Waals surface area contributed by atoms with E-state index in [0.29, 0.717) is 11.5 Å². The number of benzene rings is 1. The highest BCUT2D eigenvalue weighted by atomic mass is 19.1. The maximum absolute atomic E-state index is 13.0. The van der Waals surface area contributed by atoms with E-state index >= 15 is 0 Å². The van der Waals surface area contributed by atoms with Crippen LogP contribution in [0.3, 0.4) is 0 Å². The van der Waals surface area contributed by atoms with Crippen LogP contribution >= 0.6 is 0 Å². The maximum Gasteiger partial charge on any atom is 0.126 e. The van der Waals surface area contributed by atoms with Crippen molar-refractivity contribution >= 4 is 5.69 Å². The predicted octanol–water partition coefficient (Wildman–Crippen LogP) is 2.16. The van der Waals surface area contributed by atoms with Crippen LogP contribution in [-0.2, 0) is 0 Å². The summed E-state index contributed by atoms with van der Waals surface area (Å²) in [6, 6.07) is 5.17. The third kappa shape index (κ3) is 2.69. The molecular formula is C12H17FN2. The number of hydrogen-bond donors (Lipinski definition) is 2. The minimum absolute atomic E-state index is 0.136. The highest BCUT2D eigenvalue weighted by molar-refractivity contribution is 5.45. The van der Waals surface area contributed by atoms with Gasteiger partial charge in [0.25, 0.3) is 0 Å². The van der Waals surface area contributed by atoms with Gasteiger partial charge in [0, 0.05) is 12.2 Å². The normalized spacial score (nSPS) is 20.5. The van der Waals surface area contributed by atoms with Gasteiger partial charge in [0.1, 0.15) is 5.82 Å². The molecule has 2 rings (SSSR count). The van der Waals surface area contributed by atoms with Crippen molar-refractivity contribution in [3.63, 3.8) is 0 Å². The smallest absolute Gasteiger partial charge is 0.126 e. The molecule has 15 heavy (non-hydrogen) atoms. The molecule has 0 aliphatic carbocycles. The number of hydrogen-bond acceptors (Lipinski definition) is 2. The average molecular weight is 208 g/mol. The van der Waals surface area contributed by atoms with Crippen LogP contribution in [-0.4, -0.2) is 19.6 Å². The Hall–Kier alpha value is -1.09. The summed E-state index contributed by atoms with van der Waals surface area (Å²) in [5, 5.41) is 6.68. The van der Waals surface area contributed by atoms with Crippen molar-refractivity contribution in [2.24, 2.45) is 5.92 Å². The van der Waals surface area contributed by atoms with Gasteiger partial charge in [-0.05, 0) is 56.1 Å². The standard InChI is InChI=1S/C12H17FN2/c1-9-6-11(2-3-12(9)13)15-8-10-4-5-14-7-10/h2-3,6,10,14-15H,4-5,7-8H2,1H3. The van der Waals surface area contributed by atoms with Crippen LogP contribution in [0.4, 0.5) is 10.1 Å². The molecule has 0 saturated carbocycles. The first kappa shape index (κ1) is 10.4. The summed E-state index contributed by atoms with van der Waals surface area (Å²) in [5.74, 6) is 0.568. The molecule has 3 heteroatoms. The number of aryl methyl sites for hydroxylation is 1. The Kier molecular flexibility index (Phi) is 3.21. The summed E-state index contributed by atoms with van der Waals surface area (Å²) in [6.07, 6.45) is 1.23. The highest BCUT2D eigenvalue weighted by Crippen LogP contribution is 2.15. The Morgan fingerprint density at radius 1 is 1.53 bits per heavy atom. The number of nitrogens with one attached hydrogen (secondary N) is 2. The van der Waals surface area contributed by atoms with Gasteiger partial charge in [-0.2, -0.15) is 0 Å². The number of rotatable bonds is 3. The molecule has 2 N–H and O–H groups in total. The lowest BCUT2D eigenvalue weighted by Gasteiger charge is -2.11. The lowest BCUT2D eigenvalue weighted by Crippen LogP contribution is -2.17. The summed E-state index contributed by atoms with van der Waals surface area (Å²) in [5.41, 5.74) is 1.71. The first-order valence-electron chi connectivity index (χ1n) is 5.46. The lowest BCUT2D eigenvalue weighted by molar-refractivity contribution is 0.612. The number of anilines is 1. The van der Waals surface area contributed by atoms with Crippen molar-refractivity contribution in [3.05, 3.63) is 29.6 Å². The van der Waals surface area contributed by atoms with Gasteiger partial charge in [0.05, 0.1) is 0 Å². The summed E-state index contributed by atoms with van der Waals surface area (Å²) >= 11 is 0. The summed E-state index contributed by atoms with van der Waals surface area (Å²) in [6.45, 7) is 4.97. The largest absolute Gasteiger partial charge is 0.385 e. The van der Waals surface area contributed by atoms with E-state index in [0.717, 1.165) is 25.3 Å². The average Bonchev–Trinajstić information content (AvgIpc) is 2.73. The second-order valence-corrected chi connectivity index (χ2v) is 4.20. The topological polar surface area (TPSA) is 24.1 Å². The molecule has 0 amide bonds. The van der Waals surface area contributed by atoms with Crippen molar-refractivity contribution in [1.29, 1.82) is 0 Å². The van der Waals surface area contributed by atoms with Crippen molar-refractivity contribution in [2.45, 2.75) is 13.3 Å². The maximum atomic E-state index is 13.0. The molecule has 1 unspecified atom stereocenters. The zero-order valence-corrected chi connectivity index (χ0v) is 9.02. The van der Waals surface area contributed by atoms with E-state index in [4.69, 9.17) is 0 Å². The third-order valence-corrected chi connectivity index (χ3v) is 2.92. The van der Waals surface area contributed by atoms with Crippen LogP contribution in [0.25, 0.3) is 0 Å². The van der Waals surface area contributed by atoms with Gasteiger partial charge in [-0.15, -0.1) is 0 Å². The van der Waals surface area contributed by atoms with Crippen LogP contribution in [0, 0.1) is 18.7 Å². The Morgan fingerprint density at radius 3 is 3.07 bits per heavy atom. The highest BCUT2D eigenvalue weighted by Gasteiger charge is 2.13. The fourth-order valence-electron chi connectivity index (χ4n) is 1.91. The number of halogens is 1. The minimum atomic E-state index is -0.136. The van der Waals surface area contributed by atoms with Gasteiger partial charge in [0.2, 0.25) is 0 Å². The van der Waals surface area contributed by atoms with Gasteiger partial charge in [0.15, 0.2) is 0 Å². The SMILES string of the molecule is Cc1cc(NCC2CCNC2)ccc1F. The van der Waals surface area contributed by atoms with Crippen molar-refractivity contribution < 1.29 is 4.39 Å². The molecule has 0 aromatic heterocycles. The lowest BCUT2D eigenvalue weighted by atomic mass is 10.1. The molecule has 1 fully saturated rings. The molecule has 1 aromatic rings.